The maximum absolute atomic E-state index is 13.0. The van der Waals surface area contributed by atoms with Crippen LogP contribution in [-0.2, 0) is 9.53 Å². The van der Waals surface area contributed by atoms with Crippen molar-refractivity contribution < 1.29 is 13.9 Å². The van der Waals surface area contributed by atoms with Gasteiger partial charge in [-0.2, -0.15) is 0 Å². The topological polar surface area (TPSA) is 38.3 Å². The summed E-state index contributed by atoms with van der Waals surface area (Å²) >= 11 is 0. The molecule has 0 spiro atoms. The molecule has 4 heteroatoms. The van der Waals surface area contributed by atoms with E-state index in [4.69, 9.17) is 0 Å². The number of anilines is 1. The summed E-state index contributed by atoms with van der Waals surface area (Å²) in [6, 6.07) is 4.43. The average molecular weight is 209 g/mol. The van der Waals surface area contributed by atoms with Crippen LogP contribution >= 0.6 is 0 Å². The molecule has 0 aromatic heterocycles. The molecule has 0 aliphatic carbocycles. The lowest BCUT2D eigenvalue weighted by atomic mass is 10.2. The van der Waals surface area contributed by atoms with E-state index in [2.05, 4.69) is 10.1 Å². The Morgan fingerprint density at radius 1 is 1.47 bits per heavy atom. The number of ether oxygens (including phenoxy) is 1. The molecule has 0 heterocycles. The highest BCUT2D eigenvalue weighted by molar-refractivity contribution is 5.87. The second-order valence-corrected chi connectivity index (χ2v) is 2.88. The molecule has 0 saturated heterocycles. The molecule has 0 radical (unpaired) electrons. The highest BCUT2D eigenvalue weighted by Crippen LogP contribution is 2.14. The molecule has 15 heavy (non-hydrogen) atoms. The van der Waals surface area contributed by atoms with Crippen molar-refractivity contribution in [3.63, 3.8) is 0 Å². The lowest BCUT2D eigenvalue weighted by Gasteiger charge is -2.01. The Hall–Kier alpha value is -1.84. The van der Waals surface area contributed by atoms with Crippen molar-refractivity contribution in [1.29, 1.82) is 0 Å². The molecule has 1 N–H and O–H groups in total. The van der Waals surface area contributed by atoms with Gasteiger partial charge >= 0.3 is 5.97 Å². The molecule has 0 atom stereocenters. The van der Waals surface area contributed by atoms with E-state index < -0.39 is 5.97 Å². The van der Waals surface area contributed by atoms with E-state index in [1.54, 1.807) is 13.1 Å². The van der Waals surface area contributed by atoms with Crippen LogP contribution in [0, 0.1) is 5.82 Å². The Morgan fingerprint density at radius 2 is 2.20 bits per heavy atom. The Balaban J connectivity index is 2.90. The van der Waals surface area contributed by atoms with E-state index >= 15 is 0 Å². The zero-order chi connectivity index (χ0) is 11.3. The van der Waals surface area contributed by atoms with Gasteiger partial charge in [0.15, 0.2) is 0 Å². The molecular formula is C11H12FNO2. The predicted molar refractivity (Wildman–Crippen MR) is 57.0 cm³/mol. The van der Waals surface area contributed by atoms with Crippen LogP contribution in [0.25, 0.3) is 6.08 Å². The quantitative estimate of drug-likeness (QED) is 0.611. The average Bonchev–Trinajstić information content (AvgIpc) is 2.25. The van der Waals surface area contributed by atoms with Crippen LogP contribution in [-0.4, -0.2) is 20.1 Å². The third kappa shape index (κ3) is 3.42. The monoisotopic (exact) mass is 209 g/mol. The molecular weight excluding hydrogens is 197 g/mol. The van der Waals surface area contributed by atoms with Crippen LogP contribution in [0.2, 0.25) is 0 Å². The third-order valence-electron chi connectivity index (χ3n) is 1.82. The molecule has 0 saturated carbocycles. The fraction of sp³-hybridized carbons (Fsp3) is 0.182. The van der Waals surface area contributed by atoms with Crippen molar-refractivity contribution in [3.8, 4) is 0 Å². The zero-order valence-electron chi connectivity index (χ0n) is 8.58. The Bertz CT molecular complexity index is 388. The van der Waals surface area contributed by atoms with Gasteiger partial charge in [-0.3, -0.25) is 0 Å². The molecule has 3 nitrogen and oxygen atoms in total. The van der Waals surface area contributed by atoms with Gasteiger partial charge in [0, 0.05) is 18.8 Å². The first-order valence-electron chi connectivity index (χ1n) is 4.40. The van der Waals surface area contributed by atoms with E-state index in [0.29, 0.717) is 11.3 Å². The molecule has 0 bridgehead atoms. The lowest BCUT2D eigenvalue weighted by molar-refractivity contribution is -0.134. The van der Waals surface area contributed by atoms with Crippen LogP contribution in [0.5, 0.6) is 0 Å². The smallest absolute Gasteiger partial charge is 0.330 e. The van der Waals surface area contributed by atoms with Gasteiger partial charge in [0.25, 0.3) is 0 Å². The number of nitrogens with one attached hydrogen (secondary N) is 1. The van der Waals surface area contributed by atoms with Crippen molar-refractivity contribution in [2.75, 3.05) is 19.5 Å². The van der Waals surface area contributed by atoms with Crippen LogP contribution in [0.4, 0.5) is 10.1 Å². The third-order valence-corrected chi connectivity index (χ3v) is 1.82. The fourth-order valence-electron chi connectivity index (χ4n) is 1.09. The number of esters is 1. The SMILES string of the molecule is CNc1cc(F)cc(/C=C/C(=O)OC)c1. The summed E-state index contributed by atoms with van der Waals surface area (Å²) in [6.45, 7) is 0. The summed E-state index contributed by atoms with van der Waals surface area (Å²) in [6.07, 6.45) is 2.74. The number of rotatable bonds is 3. The second kappa shape index (κ2) is 5.14. The van der Waals surface area contributed by atoms with E-state index in [0.717, 1.165) is 0 Å². The standard InChI is InChI=1S/C11H12FNO2/c1-13-10-6-8(5-9(12)7-10)3-4-11(14)15-2/h3-7,13H,1-2H3/b4-3+. The molecule has 1 rings (SSSR count). The number of carbonyl (C=O) groups excluding carboxylic acids is 1. The molecule has 0 aliphatic heterocycles. The van der Waals surface area contributed by atoms with Gasteiger partial charge < -0.3 is 10.1 Å². The van der Waals surface area contributed by atoms with Crippen LogP contribution < -0.4 is 5.32 Å². The van der Waals surface area contributed by atoms with E-state index in [-0.39, 0.29) is 5.82 Å². The normalized spacial score (nSPS) is 10.3. The number of benzene rings is 1. The molecule has 0 aliphatic rings. The molecule has 0 unspecified atom stereocenters. The van der Waals surface area contributed by atoms with E-state index in [1.165, 1.54) is 31.4 Å². The fourth-order valence-corrected chi connectivity index (χ4v) is 1.09. The Morgan fingerprint density at radius 3 is 2.80 bits per heavy atom. The van der Waals surface area contributed by atoms with Crippen molar-refractivity contribution in [2.45, 2.75) is 0 Å². The van der Waals surface area contributed by atoms with Gasteiger partial charge in [0.1, 0.15) is 5.82 Å². The van der Waals surface area contributed by atoms with Gasteiger partial charge in [-0.25, -0.2) is 9.18 Å². The van der Waals surface area contributed by atoms with Crippen LogP contribution in [0.3, 0.4) is 0 Å². The minimum Gasteiger partial charge on any atom is -0.466 e. The maximum Gasteiger partial charge on any atom is 0.330 e. The summed E-state index contributed by atoms with van der Waals surface area (Å²) < 4.78 is 17.5. The number of halogens is 1. The Kier molecular flexibility index (Phi) is 3.85. The minimum atomic E-state index is -0.467. The maximum atomic E-state index is 13.0. The highest BCUT2D eigenvalue weighted by atomic mass is 19.1. The molecule has 0 amide bonds. The summed E-state index contributed by atoms with van der Waals surface area (Å²) in [5.74, 6) is -0.823. The molecule has 80 valence electrons. The van der Waals surface area contributed by atoms with Crippen molar-refractivity contribution >= 4 is 17.7 Å². The van der Waals surface area contributed by atoms with Gasteiger partial charge in [0.05, 0.1) is 7.11 Å². The summed E-state index contributed by atoms with van der Waals surface area (Å²) in [5.41, 5.74) is 1.25. The largest absolute Gasteiger partial charge is 0.466 e. The van der Waals surface area contributed by atoms with E-state index in [9.17, 15) is 9.18 Å². The summed E-state index contributed by atoms with van der Waals surface area (Å²) in [7, 11) is 2.99. The first kappa shape index (κ1) is 11.2. The first-order chi connectivity index (χ1) is 7.15. The minimum absolute atomic E-state index is 0.355. The molecule has 1 aromatic carbocycles. The number of carbonyl (C=O) groups is 1. The lowest BCUT2D eigenvalue weighted by Crippen LogP contribution is -1.94. The predicted octanol–water partition coefficient (Wildman–Crippen LogP) is 2.05. The van der Waals surface area contributed by atoms with E-state index in [1.807, 2.05) is 0 Å². The summed E-state index contributed by atoms with van der Waals surface area (Å²) in [5, 5.41) is 2.82. The molecule has 0 fully saturated rings. The van der Waals surface area contributed by atoms with Crippen LogP contribution in [0.1, 0.15) is 5.56 Å². The van der Waals surface area contributed by atoms with Crippen molar-refractivity contribution in [2.24, 2.45) is 0 Å². The highest BCUT2D eigenvalue weighted by Gasteiger charge is 1.98. The summed E-state index contributed by atoms with van der Waals surface area (Å²) in [4.78, 5) is 10.8. The number of hydrogen-bond acceptors (Lipinski definition) is 3. The zero-order valence-corrected chi connectivity index (χ0v) is 8.58. The van der Waals surface area contributed by atoms with Gasteiger partial charge in [-0.15, -0.1) is 0 Å². The molecule has 1 aromatic rings. The Labute approximate surface area is 87.6 Å². The van der Waals surface area contributed by atoms with Crippen LogP contribution in [0.15, 0.2) is 24.3 Å². The van der Waals surface area contributed by atoms with Crippen molar-refractivity contribution in [3.05, 3.63) is 35.7 Å². The van der Waals surface area contributed by atoms with Gasteiger partial charge in [-0.05, 0) is 29.8 Å². The number of methoxy groups -OCH3 is 1. The van der Waals surface area contributed by atoms with Crippen molar-refractivity contribution in [1.82, 2.24) is 0 Å². The van der Waals surface area contributed by atoms with Gasteiger partial charge in [0.2, 0.25) is 0 Å². The second-order valence-electron chi connectivity index (χ2n) is 2.88. The number of hydrogen-bond donors (Lipinski definition) is 1. The first-order valence-corrected chi connectivity index (χ1v) is 4.40. The van der Waals surface area contributed by atoms with Gasteiger partial charge in [-0.1, -0.05) is 0 Å².